The lowest BCUT2D eigenvalue weighted by molar-refractivity contribution is 0.281. The number of phenols is 2. The molecular weight excluding hydrogens is 444 g/mol. The van der Waals surface area contributed by atoms with E-state index in [9.17, 15) is 15.3 Å². The van der Waals surface area contributed by atoms with Gasteiger partial charge in [-0.3, -0.25) is 0 Å². The van der Waals surface area contributed by atoms with Crippen LogP contribution >= 0.6 is 0 Å². The molecule has 2 rings (SSSR count). The Labute approximate surface area is 222 Å². The van der Waals surface area contributed by atoms with Gasteiger partial charge in [0.2, 0.25) is 0 Å². The van der Waals surface area contributed by atoms with Crippen LogP contribution in [0, 0.1) is 0 Å². The van der Waals surface area contributed by atoms with Crippen LogP contribution in [0.1, 0.15) is 136 Å². The zero-order chi connectivity index (χ0) is 28.3. The third-order valence-electron chi connectivity index (χ3n) is 6.57. The maximum atomic E-state index is 10.6. The topological polar surface area (TPSA) is 60.7 Å². The van der Waals surface area contributed by atoms with Crippen molar-refractivity contribution in [3.63, 3.8) is 0 Å². The lowest BCUT2D eigenvalue weighted by atomic mass is 9.78. The molecule has 0 aromatic heterocycles. The van der Waals surface area contributed by atoms with Crippen molar-refractivity contribution >= 4 is 0 Å². The van der Waals surface area contributed by atoms with E-state index in [2.05, 4.69) is 102 Å². The highest BCUT2D eigenvalue weighted by atomic mass is 16.3. The number of aryl methyl sites for hydroxylation is 1. The Kier molecular flexibility index (Phi) is 10.3. The fourth-order valence-electron chi connectivity index (χ4n) is 4.29. The first-order valence-electron chi connectivity index (χ1n) is 13.5. The van der Waals surface area contributed by atoms with Gasteiger partial charge in [-0.25, -0.2) is 0 Å². The summed E-state index contributed by atoms with van der Waals surface area (Å²) in [6.07, 6.45) is 3.51. The highest BCUT2D eigenvalue weighted by Gasteiger charge is 2.27. The number of unbranched alkanes of at least 4 members (excludes halogenated alkanes) is 1. The Balaban J connectivity index is 0.000000362. The maximum absolute atomic E-state index is 10.6. The number of aliphatic hydroxyl groups excluding tert-OH is 1. The van der Waals surface area contributed by atoms with Crippen LogP contribution in [0.15, 0.2) is 24.3 Å². The standard InChI is InChI=1S/C18H30O.C15H24O2/c1-8-9-10-13-11-14(17(2,3)4)16(19)15(12-13)18(5,6)7;1-14(2,3)11-7-10(9-16)8-12(13(11)17)15(4,5)6/h11-12,19H,8-10H2,1-7H3;7-8,16-17H,9H2,1-6H3. The third kappa shape index (κ3) is 8.54. The average Bonchev–Trinajstić information content (AvgIpc) is 2.70. The number of benzene rings is 2. The zero-order valence-electron chi connectivity index (χ0n) is 25.5. The Hall–Kier alpha value is -2.00. The summed E-state index contributed by atoms with van der Waals surface area (Å²) in [6.45, 7) is 27.6. The Bertz CT molecular complexity index is 933. The van der Waals surface area contributed by atoms with E-state index in [1.54, 1.807) is 0 Å². The van der Waals surface area contributed by atoms with Crippen molar-refractivity contribution < 1.29 is 15.3 Å². The highest BCUT2D eigenvalue weighted by Crippen LogP contribution is 2.41. The van der Waals surface area contributed by atoms with Gasteiger partial charge in [0.15, 0.2) is 0 Å². The van der Waals surface area contributed by atoms with Gasteiger partial charge in [0.25, 0.3) is 0 Å². The molecule has 2 aromatic carbocycles. The van der Waals surface area contributed by atoms with Crippen LogP contribution in [0.25, 0.3) is 0 Å². The number of aromatic hydroxyl groups is 2. The van der Waals surface area contributed by atoms with Crippen molar-refractivity contribution in [2.24, 2.45) is 0 Å². The first-order valence-corrected chi connectivity index (χ1v) is 13.5. The molecule has 3 heteroatoms. The SMILES string of the molecule is CC(C)(C)c1cc(CO)cc(C(C)(C)C)c1O.CCCCc1cc(C(C)(C)C)c(O)c(C(C)(C)C)c1. The molecule has 0 saturated heterocycles. The smallest absolute Gasteiger partial charge is 0.123 e. The molecule has 0 unspecified atom stereocenters. The molecule has 0 atom stereocenters. The van der Waals surface area contributed by atoms with E-state index in [-0.39, 0.29) is 28.3 Å². The van der Waals surface area contributed by atoms with E-state index in [4.69, 9.17) is 0 Å². The number of rotatable bonds is 4. The van der Waals surface area contributed by atoms with Gasteiger partial charge in [0.1, 0.15) is 11.5 Å². The minimum Gasteiger partial charge on any atom is -0.507 e. The van der Waals surface area contributed by atoms with Crippen LogP contribution in [0.2, 0.25) is 0 Å². The summed E-state index contributed by atoms with van der Waals surface area (Å²) in [5.74, 6) is 0.849. The van der Waals surface area contributed by atoms with Gasteiger partial charge in [0.05, 0.1) is 6.61 Å². The van der Waals surface area contributed by atoms with Crippen molar-refractivity contribution in [2.75, 3.05) is 0 Å². The fourth-order valence-corrected chi connectivity index (χ4v) is 4.29. The second kappa shape index (κ2) is 11.6. The van der Waals surface area contributed by atoms with Crippen molar-refractivity contribution in [1.29, 1.82) is 0 Å². The summed E-state index contributed by atoms with van der Waals surface area (Å²) >= 11 is 0. The average molecular weight is 499 g/mol. The summed E-state index contributed by atoms with van der Waals surface area (Å²) in [5.41, 5.74) is 5.86. The van der Waals surface area contributed by atoms with E-state index in [1.165, 1.54) is 18.4 Å². The molecule has 0 radical (unpaired) electrons. The third-order valence-corrected chi connectivity index (χ3v) is 6.57. The number of hydrogen-bond acceptors (Lipinski definition) is 3. The fraction of sp³-hybridized carbons (Fsp3) is 0.636. The van der Waals surface area contributed by atoms with Crippen molar-refractivity contribution in [1.82, 2.24) is 0 Å². The molecule has 3 nitrogen and oxygen atoms in total. The Morgan fingerprint density at radius 2 is 0.806 bits per heavy atom. The number of phenolic OH excluding ortho intramolecular Hbond substituents is 2. The molecule has 0 fully saturated rings. The molecule has 204 valence electrons. The van der Waals surface area contributed by atoms with Crippen LogP contribution < -0.4 is 0 Å². The molecule has 0 saturated carbocycles. The van der Waals surface area contributed by atoms with E-state index in [0.717, 1.165) is 34.2 Å². The van der Waals surface area contributed by atoms with Crippen LogP contribution in [0.3, 0.4) is 0 Å². The van der Waals surface area contributed by atoms with E-state index >= 15 is 0 Å². The molecule has 0 heterocycles. The molecule has 0 aliphatic carbocycles. The first kappa shape index (κ1) is 32.0. The number of aliphatic hydroxyl groups is 1. The highest BCUT2D eigenvalue weighted by molar-refractivity contribution is 5.50. The second-order valence-electron chi connectivity index (χ2n) is 14.3. The summed E-state index contributed by atoms with van der Waals surface area (Å²) < 4.78 is 0. The largest absolute Gasteiger partial charge is 0.507 e. The Morgan fingerprint density at radius 3 is 1.03 bits per heavy atom. The van der Waals surface area contributed by atoms with Crippen LogP contribution in [-0.2, 0) is 34.7 Å². The van der Waals surface area contributed by atoms with Crippen LogP contribution in [-0.4, -0.2) is 15.3 Å². The van der Waals surface area contributed by atoms with Gasteiger partial charge in [-0.15, -0.1) is 0 Å². The molecule has 0 aliphatic rings. The van der Waals surface area contributed by atoms with Gasteiger partial charge in [-0.1, -0.05) is 109 Å². The Morgan fingerprint density at radius 1 is 0.528 bits per heavy atom. The lowest BCUT2D eigenvalue weighted by Crippen LogP contribution is -2.18. The summed E-state index contributed by atoms with van der Waals surface area (Å²) in [4.78, 5) is 0. The molecule has 2 aromatic rings. The molecular formula is C33H54O3. The zero-order valence-corrected chi connectivity index (χ0v) is 25.5. The molecule has 3 N–H and O–H groups in total. The molecule has 36 heavy (non-hydrogen) atoms. The normalized spacial score (nSPS) is 12.8. The van der Waals surface area contributed by atoms with Crippen LogP contribution in [0.4, 0.5) is 0 Å². The van der Waals surface area contributed by atoms with Gasteiger partial charge < -0.3 is 15.3 Å². The molecule has 0 amide bonds. The minimum absolute atomic E-state index is 0.00639. The van der Waals surface area contributed by atoms with E-state index < -0.39 is 0 Å². The van der Waals surface area contributed by atoms with Crippen molar-refractivity contribution in [2.45, 2.75) is 138 Å². The van der Waals surface area contributed by atoms with Crippen LogP contribution in [0.5, 0.6) is 11.5 Å². The summed E-state index contributed by atoms with van der Waals surface area (Å²) in [5, 5.41) is 30.3. The van der Waals surface area contributed by atoms with Gasteiger partial charge in [-0.05, 0) is 80.0 Å². The molecule has 0 spiro atoms. The molecule has 0 bridgehead atoms. The van der Waals surface area contributed by atoms with Gasteiger partial charge in [-0.2, -0.15) is 0 Å². The first-order chi connectivity index (χ1) is 16.1. The van der Waals surface area contributed by atoms with Crippen molar-refractivity contribution in [3.8, 4) is 11.5 Å². The lowest BCUT2D eigenvalue weighted by Gasteiger charge is -2.28. The van der Waals surface area contributed by atoms with Crippen molar-refractivity contribution in [3.05, 3.63) is 57.6 Å². The van der Waals surface area contributed by atoms with E-state index in [1.807, 2.05) is 12.1 Å². The second-order valence-corrected chi connectivity index (χ2v) is 14.3. The molecule has 0 aliphatic heterocycles. The number of hydrogen-bond donors (Lipinski definition) is 3. The quantitative estimate of drug-likeness (QED) is 0.394. The monoisotopic (exact) mass is 498 g/mol. The predicted molar refractivity (Wildman–Crippen MR) is 156 cm³/mol. The maximum Gasteiger partial charge on any atom is 0.123 e. The summed E-state index contributed by atoms with van der Waals surface area (Å²) in [6, 6.07) is 8.18. The summed E-state index contributed by atoms with van der Waals surface area (Å²) in [7, 11) is 0. The minimum atomic E-state index is -0.130. The van der Waals surface area contributed by atoms with E-state index in [0.29, 0.717) is 11.5 Å². The van der Waals surface area contributed by atoms with Gasteiger partial charge in [0, 0.05) is 0 Å². The predicted octanol–water partition coefficient (Wildman–Crippen LogP) is 8.81. The van der Waals surface area contributed by atoms with Gasteiger partial charge >= 0.3 is 0 Å².